The van der Waals surface area contributed by atoms with Crippen molar-refractivity contribution in [3.05, 3.63) is 28.5 Å². The lowest BCUT2D eigenvalue weighted by Crippen LogP contribution is -2.50. The molecule has 0 spiro atoms. The van der Waals surface area contributed by atoms with E-state index in [0.717, 1.165) is 4.47 Å². The Morgan fingerprint density at radius 2 is 2.47 bits per heavy atom. The van der Waals surface area contributed by atoms with E-state index >= 15 is 0 Å². The second-order valence-corrected chi connectivity index (χ2v) is 4.72. The average molecular weight is 301 g/mol. The third kappa shape index (κ3) is 2.83. The maximum Gasteiger partial charge on any atom is 0.255 e. The second-order valence-electron chi connectivity index (χ2n) is 3.80. The Labute approximate surface area is 108 Å². The van der Waals surface area contributed by atoms with Crippen LogP contribution in [0.1, 0.15) is 10.4 Å². The Hall–Kier alpha value is -0.980. The molecule has 5 nitrogen and oxygen atoms in total. The van der Waals surface area contributed by atoms with Crippen LogP contribution in [0.15, 0.2) is 22.9 Å². The highest BCUT2D eigenvalue weighted by Gasteiger charge is 2.27. The lowest BCUT2D eigenvalue weighted by Gasteiger charge is -2.34. The van der Waals surface area contributed by atoms with Crippen molar-refractivity contribution in [1.82, 2.24) is 9.88 Å². The fourth-order valence-electron chi connectivity index (χ4n) is 1.77. The van der Waals surface area contributed by atoms with Gasteiger partial charge in [0.1, 0.15) is 0 Å². The van der Waals surface area contributed by atoms with Crippen molar-refractivity contribution in [2.75, 3.05) is 26.4 Å². The molecule has 17 heavy (non-hydrogen) atoms. The van der Waals surface area contributed by atoms with Gasteiger partial charge in [0.15, 0.2) is 0 Å². The SMILES string of the molecule is O=C(c1cncc(Br)c1)N1CCOCC1CO. The van der Waals surface area contributed by atoms with E-state index < -0.39 is 0 Å². The average Bonchev–Trinajstić information content (AvgIpc) is 2.38. The summed E-state index contributed by atoms with van der Waals surface area (Å²) in [5, 5.41) is 9.21. The van der Waals surface area contributed by atoms with Crippen LogP contribution in [-0.4, -0.2) is 53.3 Å². The molecule has 1 aromatic rings. The molecule has 0 bridgehead atoms. The van der Waals surface area contributed by atoms with Crippen LogP contribution in [0.3, 0.4) is 0 Å². The first-order chi connectivity index (χ1) is 8.22. The van der Waals surface area contributed by atoms with E-state index in [1.54, 1.807) is 17.2 Å². The molecular weight excluding hydrogens is 288 g/mol. The zero-order valence-electron chi connectivity index (χ0n) is 9.17. The summed E-state index contributed by atoms with van der Waals surface area (Å²) in [4.78, 5) is 17.8. The predicted molar refractivity (Wildman–Crippen MR) is 64.7 cm³/mol. The Morgan fingerprint density at radius 1 is 1.65 bits per heavy atom. The minimum atomic E-state index is -0.268. The largest absolute Gasteiger partial charge is 0.394 e. The quantitative estimate of drug-likeness (QED) is 0.872. The fourth-order valence-corrected chi connectivity index (χ4v) is 2.13. The number of pyridine rings is 1. The van der Waals surface area contributed by atoms with Gasteiger partial charge < -0.3 is 14.7 Å². The fraction of sp³-hybridized carbons (Fsp3) is 0.455. The molecule has 0 radical (unpaired) electrons. The van der Waals surface area contributed by atoms with Crippen molar-refractivity contribution in [2.45, 2.75) is 6.04 Å². The molecule has 1 amide bonds. The molecule has 92 valence electrons. The lowest BCUT2D eigenvalue weighted by molar-refractivity contribution is -0.0184. The molecule has 1 N–H and O–H groups in total. The topological polar surface area (TPSA) is 62.7 Å². The number of halogens is 1. The lowest BCUT2D eigenvalue weighted by atomic mass is 10.2. The predicted octanol–water partition coefficient (Wildman–Crippen LogP) is 0.677. The maximum atomic E-state index is 12.2. The number of rotatable bonds is 2. The summed E-state index contributed by atoms with van der Waals surface area (Å²) in [6.45, 7) is 1.29. The number of ether oxygens (including phenoxy) is 1. The highest BCUT2D eigenvalue weighted by Crippen LogP contribution is 2.15. The normalized spacial score (nSPS) is 20.4. The molecule has 1 fully saturated rings. The molecule has 1 atom stereocenters. The van der Waals surface area contributed by atoms with E-state index in [9.17, 15) is 9.90 Å². The molecule has 0 saturated carbocycles. The van der Waals surface area contributed by atoms with E-state index in [-0.39, 0.29) is 18.6 Å². The summed E-state index contributed by atoms with van der Waals surface area (Å²) >= 11 is 3.28. The molecule has 1 saturated heterocycles. The van der Waals surface area contributed by atoms with Crippen LogP contribution in [0.5, 0.6) is 0 Å². The number of morpholine rings is 1. The van der Waals surface area contributed by atoms with Crippen molar-refractivity contribution < 1.29 is 14.6 Å². The van der Waals surface area contributed by atoms with Gasteiger partial charge in [0.25, 0.3) is 5.91 Å². The molecular formula is C11H13BrN2O3. The van der Waals surface area contributed by atoms with E-state index in [1.807, 2.05) is 0 Å². The van der Waals surface area contributed by atoms with Gasteiger partial charge >= 0.3 is 0 Å². The third-order valence-corrected chi connectivity index (χ3v) is 3.08. The van der Waals surface area contributed by atoms with Crippen LogP contribution in [0, 0.1) is 0 Å². The summed E-state index contributed by atoms with van der Waals surface area (Å²) in [6, 6.07) is 1.45. The molecule has 0 aromatic carbocycles. The molecule has 1 aliphatic rings. The Morgan fingerprint density at radius 3 is 3.18 bits per heavy atom. The van der Waals surface area contributed by atoms with Crippen LogP contribution in [0.4, 0.5) is 0 Å². The van der Waals surface area contributed by atoms with Gasteiger partial charge in [-0.3, -0.25) is 9.78 Å². The Bertz CT molecular complexity index is 413. The summed E-state index contributed by atoms with van der Waals surface area (Å²) in [5.74, 6) is -0.124. The van der Waals surface area contributed by atoms with Gasteiger partial charge in [-0.25, -0.2) is 0 Å². The van der Waals surface area contributed by atoms with Crippen molar-refractivity contribution in [3.8, 4) is 0 Å². The number of aliphatic hydroxyl groups is 1. The highest BCUT2D eigenvalue weighted by atomic mass is 79.9. The first kappa shape index (κ1) is 12.5. The minimum Gasteiger partial charge on any atom is -0.394 e. The number of amides is 1. The Kier molecular flexibility index (Phi) is 4.09. The monoisotopic (exact) mass is 300 g/mol. The standard InChI is InChI=1S/C11H13BrN2O3/c12-9-3-8(4-13-5-9)11(16)14-1-2-17-7-10(14)6-15/h3-5,10,15H,1-2,6-7H2. The van der Waals surface area contributed by atoms with Crippen molar-refractivity contribution >= 4 is 21.8 Å². The van der Waals surface area contributed by atoms with Gasteiger partial charge in [0, 0.05) is 23.4 Å². The van der Waals surface area contributed by atoms with Crippen LogP contribution in [-0.2, 0) is 4.74 Å². The van der Waals surface area contributed by atoms with Gasteiger partial charge in [-0.15, -0.1) is 0 Å². The molecule has 0 aliphatic carbocycles. The summed E-state index contributed by atoms with van der Waals surface area (Å²) in [6.07, 6.45) is 3.15. The molecule has 1 aromatic heterocycles. The van der Waals surface area contributed by atoms with Gasteiger partial charge in [-0.1, -0.05) is 0 Å². The van der Waals surface area contributed by atoms with Crippen molar-refractivity contribution in [3.63, 3.8) is 0 Å². The smallest absolute Gasteiger partial charge is 0.255 e. The zero-order valence-corrected chi connectivity index (χ0v) is 10.8. The van der Waals surface area contributed by atoms with Crippen LogP contribution < -0.4 is 0 Å². The summed E-state index contributed by atoms with van der Waals surface area (Å²) in [5.41, 5.74) is 0.514. The maximum absolute atomic E-state index is 12.2. The van der Waals surface area contributed by atoms with Crippen molar-refractivity contribution in [2.24, 2.45) is 0 Å². The number of hydrogen-bond donors (Lipinski definition) is 1. The third-order valence-electron chi connectivity index (χ3n) is 2.65. The van der Waals surface area contributed by atoms with Crippen molar-refractivity contribution in [1.29, 1.82) is 0 Å². The first-order valence-electron chi connectivity index (χ1n) is 5.32. The first-order valence-corrected chi connectivity index (χ1v) is 6.12. The van der Waals surface area contributed by atoms with Crippen LogP contribution in [0.2, 0.25) is 0 Å². The van der Waals surface area contributed by atoms with Gasteiger partial charge in [-0.05, 0) is 22.0 Å². The number of carbonyl (C=O) groups excluding carboxylic acids is 1. The summed E-state index contributed by atoms with van der Waals surface area (Å²) in [7, 11) is 0. The van der Waals surface area contributed by atoms with Crippen LogP contribution >= 0.6 is 15.9 Å². The van der Waals surface area contributed by atoms with E-state index in [1.165, 1.54) is 6.20 Å². The molecule has 2 heterocycles. The van der Waals surface area contributed by atoms with Gasteiger partial charge in [0.2, 0.25) is 0 Å². The number of aliphatic hydroxyl groups excluding tert-OH is 1. The van der Waals surface area contributed by atoms with Gasteiger partial charge in [-0.2, -0.15) is 0 Å². The number of nitrogens with zero attached hydrogens (tertiary/aromatic N) is 2. The van der Waals surface area contributed by atoms with E-state index in [0.29, 0.717) is 25.3 Å². The van der Waals surface area contributed by atoms with E-state index in [4.69, 9.17) is 4.74 Å². The summed E-state index contributed by atoms with van der Waals surface area (Å²) < 4.78 is 6.00. The Balaban J connectivity index is 2.18. The molecule has 1 aliphatic heterocycles. The van der Waals surface area contributed by atoms with Crippen LogP contribution in [0.25, 0.3) is 0 Å². The minimum absolute atomic E-state index is 0.0901. The molecule has 1 unspecified atom stereocenters. The number of carbonyl (C=O) groups is 1. The number of hydrogen-bond acceptors (Lipinski definition) is 4. The van der Waals surface area contributed by atoms with Gasteiger partial charge in [0.05, 0.1) is 31.4 Å². The highest BCUT2D eigenvalue weighted by molar-refractivity contribution is 9.10. The van der Waals surface area contributed by atoms with E-state index in [2.05, 4.69) is 20.9 Å². The molecule has 6 heteroatoms. The molecule has 2 rings (SSSR count). The second kappa shape index (κ2) is 5.57. The number of aromatic nitrogens is 1. The zero-order chi connectivity index (χ0) is 12.3.